The zero-order chi connectivity index (χ0) is 19.7. The normalized spacial score (nSPS) is 22.9. The average molecular weight is 387 g/mol. The molecule has 0 amide bonds. The van der Waals surface area contributed by atoms with Crippen LogP contribution in [0.1, 0.15) is 5.56 Å². The maximum absolute atomic E-state index is 5.45. The Bertz CT molecular complexity index is 1030. The van der Waals surface area contributed by atoms with E-state index in [-0.39, 0.29) is 4.59 Å². The van der Waals surface area contributed by atoms with E-state index in [1.54, 1.807) is 12.4 Å². The maximum atomic E-state index is 5.45. The Kier molecular flexibility index (Phi) is 4.46. The minimum absolute atomic E-state index is 0.182. The van der Waals surface area contributed by atoms with Crippen molar-refractivity contribution in [1.82, 2.24) is 4.59 Å². The summed E-state index contributed by atoms with van der Waals surface area (Å²) in [6, 6.07) is 16.7. The van der Waals surface area contributed by atoms with Gasteiger partial charge < -0.3 is 15.0 Å². The van der Waals surface area contributed by atoms with Crippen LogP contribution in [0.4, 0.5) is 17.1 Å². The first-order valence-electron chi connectivity index (χ1n) is 9.79. The standard InChI is InChI=1S/C22H23N6O/c1-17-3-2-4-18(15-17)24-22-25-21-16-23-9-12-28(21,26-22)20-7-5-19(6-8-20)27-10-13-29-14-11-27/h2-9,12,15-16H,10-11,13-14H2,1H3,(H,24,26)/q+1. The summed E-state index contributed by atoms with van der Waals surface area (Å²) in [5.41, 5.74) is 4.37. The number of rotatable bonds is 3. The van der Waals surface area contributed by atoms with E-state index < -0.39 is 0 Å². The number of amidine groups is 1. The molecule has 5 rings (SSSR count). The van der Waals surface area contributed by atoms with Crippen molar-refractivity contribution in [2.45, 2.75) is 6.92 Å². The number of nitrogens with one attached hydrogen (secondary N) is 1. The fourth-order valence-electron chi connectivity index (χ4n) is 3.77. The van der Waals surface area contributed by atoms with E-state index in [9.17, 15) is 0 Å². The molecule has 29 heavy (non-hydrogen) atoms. The second-order valence-corrected chi connectivity index (χ2v) is 7.27. The first-order chi connectivity index (χ1) is 14.2. The second kappa shape index (κ2) is 7.27. The largest absolute Gasteiger partial charge is 0.378 e. The first-order valence-corrected chi connectivity index (χ1v) is 9.79. The Morgan fingerprint density at radius 3 is 2.69 bits per heavy atom. The number of anilines is 2. The number of benzene rings is 2. The molecule has 1 N–H and O–H groups in total. The molecule has 3 aliphatic rings. The third kappa shape index (κ3) is 3.35. The van der Waals surface area contributed by atoms with Crippen LogP contribution in [-0.4, -0.2) is 44.3 Å². The number of aryl methyl sites for hydroxylation is 1. The molecule has 2 aromatic rings. The van der Waals surface area contributed by atoms with Gasteiger partial charge in [0.1, 0.15) is 6.21 Å². The number of guanidine groups is 1. The predicted molar refractivity (Wildman–Crippen MR) is 119 cm³/mol. The Labute approximate surface area is 169 Å². The molecule has 2 aromatic carbocycles. The molecule has 0 saturated carbocycles. The highest BCUT2D eigenvalue weighted by molar-refractivity contribution is 6.38. The van der Waals surface area contributed by atoms with Crippen molar-refractivity contribution < 1.29 is 4.74 Å². The molecular formula is C22H23N6O+. The van der Waals surface area contributed by atoms with Gasteiger partial charge in [0.15, 0.2) is 11.9 Å². The Morgan fingerprint density at radius 2 is 1.90 bits per heavy atom. The zero-order valence-electron chi connectivity index (χ0n) is 16.3. The summed E-state index contributed by atoms with van der Waals surface area (Å²) in [7, 11) is 0. The Balaban J connectivity index is 1.45. The number of hydrogen-bond acceptors (Lipinski definition) is 6. The number of fused-ring (bicyclic) bond motifs is 1. The van der Waals surface area contributed by atoms with Crippen molar-refractivity contribution in [2.24, 2.45) is 15.1 Å². The SMILES string of the molecule is Cc1cccc(NC2=N[N+]3(c4ccc(N5CCOCC5)cc4)C=CN=CC3=N2)c1. The van der Waals surface area contributed by atoms with Crippen LogP contribution in [0.5, 0.6) is 0 Å². The molecule has 0 radical (unpaired) electrons. The molecule has 0 aliphatic carbocycles. The first kappa shape index (κ1) is 17.8. The van der Waals surface area contributed by atoms with Crippen LogP contribution < -0.4 is 14.8 Å². The molecule has 0 bridgehead atoms. The van der Waals surface area contributed by atoms with Crippen LogP contribution in [0.2, 0.25) is 0 Å². The third-order valence-electron chi connectivity index (χ3n) is 5.27. The topological polar surface area (TPSA) is 61.6 Å². The van der Waals surface area contributed by atoms with E-state index in [0.717, 1.165) is 43.5 Å². The summed E-state index contributed by atoms with van der Waals surface area (Å²) in [4.78, 5) is 11.3. The van der Waals surface area contributed by atoms with Crippen LogP contribution in [0.25, 0.3) is 0 Å². The van der Waals surface area contributed by atoms with Crippen LogP contribution >= 0.6 is 0 Å². The monoisotopic (exact) mass is 387 g/mol. The highest BCUT2D eigenvalue weighted by atomic mass is 16.5. The Morgan fingerprint density at radius 1 is 1.07 bits per heavy atom. The molecule has 7 nitrogen and oxygen atoms in total. The van der Waals surface area contributed by atoms with E-state index >= 15 is 0 Å². The molecule has 1 fully saturated rings. The molecule has 146 valence electrons. The molecule has 3 aliphatic heterocycles. The van der Waals surface area contributed by atoms with Gasteiger partial charge in [0.2, 0.25) is 0 Å². The molecule has 0 spiro atoms. The molecule has 1 unspecified atom stereocenters. The third-order valence-corrected chi connectivity index (χ3v) is 5.27. The lowest BCUT2D eigenvalue weighted by molar-refractivity contribution is 0.122. The van der Waals surface area contributed by atoms with Gasteiger partial charge in [-0.2, -0.15) is 4.99 Å². The zero-order valence-corrected chi connectivity index (χ0v) is 16.3. The highest BCUT2D eigenvalue weighted by Crippen LogP contribution is 2.32. The minimum Gasteiger partial charge on any atom is -0.378 e. The van der Waals surface area contributed by atoms with Crippen LogP contribution in [0.15, 0.2) is 76.0 Å². The molecule has 1 saturated heterocycles. The summed E-state index contributed by atoms with van der Waals surface area (Å²) < 4.78 is 5.64. The number of ether oxygens (including phenoxy) is 1. The van der Waals surface area contributed by atoms with Crippen LogP contribution in [0, 0.1) is 6.92 Å². The van der Waals surface area contributed by atoms with Gasteiger partial charge in [0.05, 0.1) is 19.4 Å². The molecular weight excluding hydrogens is 364 g/mol. The lowest BCUT2D eigenvalue weighted by Gasteiger charge is -2.29. The number of aliphatic imine (C=N–C) groups is 2. The summed E-state index contributed by atoms with van der Waals surface area (Å²) >= 11 is 0. The number of nitrogens with zero attached hydrogens (tertiary/aromatic N) is 5. The summed E-state index contributed by atoms with van der Waals surface area (Å²) in [5, 5.41) is 8.23. The molecule has 0 aromatic heterocycles. The molecule has 1 atom stereocenters. The van der Waals surface area contributed by atoms with Crippen molar-refractivity contribution in [1.29, 1.82) is 0 Å². The van der Waals surface area contributed by atoms with E-state index in [4.69, 9.17) is 14.8 Å². The fourth-order valence-corrected chi connectivity index (χ4v) is 3.77. The Hall–Kier alpha value is -3.29. The van der Waals surface area contributed by atoms with Gasteiger partial charge in [-0.15, -0.1) is 0 Å². The summed E-state index contributed by atoms with van der Waals surface area (Å²) in [5.74, 6) is 1.34. The molecule has 3 heterocycles. The van der Waals surface area contributed by atoms with Gasteiger partial charge in [-0.1, -0.05) is 16.7 Å². The number of morpholine rings is 1. The second-order valence-electron chi connectivity index (χ2n) is 7.27. The van der Waals surface area contributed by atoms with Gasteiger partial charge in [0.25, 0.3) is 11.8 Å². The summed E-state index contributed by atoms with van der Waals surface area (Å²) in [6.45, 7) is 5.45. The van der Waals surface area contributed by atoms with Crippen molar-refractivity contribution in [3.05, 3.63) is 66.5 Å². The maximum Gasteiger partial charge on any atom is 0.287 e. The van der Waals surface area contributed by atoms with Crippen LogP contribution in [0.3, 0.4) is 0 Å². The fraction of sp³-hybridized carbons (Fsp3) is 0.227. The van der Waals surface area contributed by atoms with E-state index in [1.807, 2.05) is 18.3 Å². The van der Waals surface area contributed by atoms with E-state index in [0.29, 0.717) is 5.96 Å². The highest BCUT2D eigenvalue weighted by Gasteiger charge is 2.42. The van der Waals surface area contributed by atoms with Gasteiger partial charge in [-0.05, 0) is 41.9 Å². The van der Waals surface area contributed by atoms with Crippen molar-refractivity contribution in [3.8, 4) is 0 Å². The van der Waals surface area contributed by atoms with Gasteiger partial charge in [-0.25, -0.2) is 0 Å². The van der Waals surface area contributed by atoms with Gasteiger partial charge in [-0.3, -0.25) is 4.99 Å². The van der Waals surface area contributed by atoms with E-state index in [2.05, 4.69) is 58.5 Å². The van der Waals surface area contributed by atoms with Crippen molar-refractivity contribution in [2.75, 3.05) is 36.5 Å². The van der Waals surface area contributed by atoms with Crippen molar-refractivity contribution >= 4 is 35.1 Å². The lowest BCUT2D eigenvalue weighted by atomic mass is 10.2. The summed E-state index contributed by atoms with van der Waals surface area (Å²) in [6.07, 6.45) is 5.49. The smallest absolute Gasteiger partial charge is 0.287 e. The number of quaternary nitrogens is 1. The average Bonchev–Trinajstić information content (AvgIpc) is 3.13. The van der Waals surface area contributed by atoms with Crippen molar-refractivity contribution in [3.63, 3.8) is 0 Å². The van der Waals surface area contributed by atoms with Crippen LogP contribution in [-0.2, 0) is 4.74 Å². The molecule has 7 heteroatoms. The lowest BCUT2D eigenvalue weighted by Crippen LogP contribution is -2.44. The minimum atomic E-state index is 0.182. The number of hydrogen-bond donors (Lipinski definition) is 1. The van der Waals surface area contributed by atoms with E-state index in [1.165, 1.54) is 11.3 Å². The van der Waals surface area contributed by atoms with Gasteiger partial charge in [0, 0.05) is 36.6 Å². The van der Waals surface area contributed by atoms with Gasteiger partial charge >= 0.3 is 0 Å². The predicted octanol–water partition coefficient (Wildman–Crippen LogP) is 3.49. The quantitative estimate of drug-likeness (QED) is 0.820.